The summed E-state index contributed by atoms with van der Waals surface area (Å²) in [4.78, 5) is 12.3. The van der Waals surface area contributed by atoms with Gasteiger partial charge in [-0.3, -0.25) is 4.79 Å². The van der Waals surface area contributed by atoms with E-state index in [1.54, 1.807) is 0 Å². The van der Waals surface area contributed by atoms with E-state index in [2.05, 4.69) is 24.5 Å². The molecular formula is C16H30N2O2. The summed E-state index contributed by atoms with van der Waals surface area (Å²) in [7, 11) is 0. The molecule has 1 heterocycles. The highest BCUT2D eigenvalue weighted by Crippen LogP contribution is 2.29. The lowest BCUT2D eigenvalue weighted by molar-refractivity contribution is -0.125. The molecule has 20 heavy (non-hydrogen) atoms. The molecule has 2 aliphatic rings. The number of hydrogen-bond acceptors (Lipinski definition) is 3. The highest BCUT2D eigenvalue weighted by molar-refractivity contribution is 5.79. The topological polar surface area (TPSA) is 50.4 Å². The molecule has 0 radical (unpaired) electrons. The van der Waals surface area contributed by atoms with Crippen molar-refractivity contribution in [3.8, 4) is 0 Å². The molecule has 0 spiro atoms. The smallest absolute Gasteiger partial charge is 0.227 e. The van der Waals surface area contributed by atoms with Crippen molar-refractivity contribution in [1.29, 1.82) is 0 Å². The van der Waals surface area contributed by atoms with Crippen LogP contribution in [0, 0.1) is 17.8 Å². The highest BCUT2D eigenvalue weighted by Gasteiger charge is 2.34. The van der Waals surface area contributed by atoms with Gasteiger partial charge in [-0.15, -0.1) is 0 Å². The van der Waals surface area contributed by atoms with Crippen LogP contribution in [0.2, 0.25) is 0 Å². The third kappa shape index (κ3) is 4.19. The Labute approximate surface area is 123 Å². The SMILES string of the molecule is CCCNC1COCC1C(=O)NCC1CCCCC1C. The summed E-state index contributed by atoms with van der Waals surface area (Å²) in [6.45, 7) is 7.49. The third-order valence-corrected chi connectivity index (χ3v) is 4.90. The van der Waals surface area contributed by atoms with E-state index < -0.39 is 0 Å². The van der Waals surface area contributed by atoms with Gasteiger partial charge in [0.1, 0.15) is 0 Å². The lowest BCUT2D eigenvalue weighted by Crippen LogP contribution is -2.45. The molecule has 0 bridgehead atoms. The predicted octanol–water partition coefficient (Wildman–Crippen LogP) is 1.94. The Kier molecular flexibility index (Phi) is 6.30. The van der Waals surface area contributed by atoms with Crippen LogP contribution in [-0.2, 0) is 9.53 Å². The molecule has 1 amide bonds. The molecule has 0 aromatic rings. The van der Waals surface area contributed by atoms with Crippen molar-refractivity contribution >= 4 is 5.91 Å². The largest absolute Gasteiger partial charge is 0.379 e. The van der Waals surface area contributed by atoms with E-state index in [0.717, 1.165) is 25.4 Å². The van der Waals surface area contributed by atoms with Gasteiger partial charge in [-0.1, -0.05) is 33.1 Å². The third-order valence-electron chi connectivity index (χ3n) is 4.90. The molecule has 4 atom stereocenters. The van der Waals surface area contributed by atoms with Crippen molar-refractivity contribution in [2.75, 3.05) is 26.3 Å². The minimum Gasteiger partial charge on any atom is -0.379 e. The Bertz CT molecular complexity index is 309. The molecule has 1 saturated carbocycles. The molecule has 1 aliphatic heterocycles. The first-order valence-electron chi connectivity index (χ1n) is 8.31. The summed E-state index contributed by atoms with van der Waals surface area (Å²) in [6, 6.07) is 0.193. The zero-order valence-electron chi connectivity index (χ0n) is 13.0. The van der Waals surface area contributed by atoms with Crippen LogP contribution in [0.5, 0.6) is 0 Å². The fraction of sp³-hybridized carbons (Fsp3) is 0.938. The lowest BCUT2D eigenvalue weighted by Gasteiger charge is -2.29. The zero-order chi connectivity index (χ0) is 14.4. The number of ether oxygens (including phenoxy) is 1. The lowest BCUT2D eigenvalue weighted by atomic mass is 9.80. The molecule has 2 rings (SSSR count). The minimum atomic E-state index is -0.0135. The van der Waals surface area contributed by atoms with Crippen LogP contribution in [0.1, 0.15) is 46.0 Å². The number of rotatable bonds is 6. The average Bonchev–Trinajstić information content (AvgIpc) is 2.92. The van der Waals surface area contributed by atoms with Gasteiger partial charge in [0.15, 0.2) is 0 Å². The van der Waals surface area contributed by atoms with Crippen LogP contribution in [0.15, 0.2) is 0 Å². The van der Waals surface area contributed by atoms with Crippen molar-refractivity contribution in [3.63, 3.8) is 0 Å². The Morgan fingerprint density at radius 1 is 1.25 bits per heavy atom. The maximum Gasteiger partial charge on any atom is 0.227 e. The second-order valence-corrected chi connectivity index (χ2v) is 6.47. The molecule has 1 saturated heterocycles. The summed E-state index contributed by atoms with van der Waals surface area (Å²) in [5.41, 5.74) is 0. The summed E-state index contributed by atoms with van der Waals surface area (Å²) >= 11 is 0. The Morgan fingerprint density at radius 2 is 2.05 bits per heavy atom. The summed E-state index contributed by atoms with van der Waals surface area (Å²) in [6.07, 6.45) is 6.33. The van der Waals surface area contributed by atoms with Gasteiger partial charge in [0.2, 0.25) is 5.91 Å². The van der Waals surface area contributed by atoms with E-state index in [-0.39, 0.29) is 17.9 Å². The standard InChI is InChI=1S/C16H30N2O2/c1-3-8-17-15-11-20-10-14(15)16(19)18-9-13-7-5-4-6-12(13)2/h12-15,17H,3-11H2,1-2H3,(H,18,19). The van der Waals surface area contributed by atoms with Gasteiger partial charge in [0, 0.05) is 12.6 Å². The van der Waals surface area contributed by atoms with E-state index in [9.17, 15) is 4.79 Å². The molecule has 4 unspecified atom stereocenters. The number of amides is 1. The summed E-state index contributed by atoms with van der Waals surface area (Å²) in [5, 5.41) is 6.60. The number of hydrogen-bond donors (Lipinski definition) is 2. The number of nitrogens with one attached hydrogen (secondary N) is 2. The first kappa shape index (κ1) is 15.8. The minimum absolute atomic E-state index is 0.0135. The van der Waals surface area contributed by atoms with Crippen LogP contribution in [-0.4, -0.2) is 38.3 Å². The Morgan fingerprint density at radius 3 is 2.80 bits per heavy atom. The molecule has 2 fully saturated rings. The second-order valence-electron chi connectivity index (χ2n) is 6.47. The van der Waals surface area contributed by atoms with Crippen molar-refractivity contribution < 1.29 is 9.53 Å². The second kappa shape index (κ2) is 7.99. The monoisotopic (exact) mass is 282 g/mol. The fourth-order valence-electron chi connectivity index (χ4n) is 3.40. The van der Waals surface area contributed by atoms with Crippen molar-refractivity contribution in [2.45, 2.75) is 52.0 Å². The van der Waals surface area contributed by atoms with Gasteiger partial charge < -0.3 is 15.4 Å². The highest BCUT2D eigenvalue weighted by atomic mass is 16.5. The molecule has 4 heteroatoms. The van der Waals surface area contributed by atoms with Gasteiger partial charge in [-0.2, -0.15) is 0 Å². The number of carbonyl (C=O) groups excluding carboxylic acids is 1. The molecule has 2 N–H and O–H groups in total. The first-order valence-corrected chi connectivity index (χ1v) is 8.31. The molecular weight excluding hydrogens is 252 g/mol. The predicted molar refractivity (Wildman–Crippen MR) is 80.5 cm³/mol. The van der Waals surface area contributed by atoms with E-state index in [1.165, 1.54) is 25.7 Å². The molecule has 0 aromatic carbocycles. The van der Waals surface area contributed by atoms with Gasteiger partial charge >= 0.3 is 0 Å². The van der Waals surface area contributed by atoms with Gasteiger partial charge in [0.25, 0.3) is 0 Å². The van der Waals surface area contributed by atoms with E-state index in [0.29, 0.717) is 19.1 Å². The maximum absolute atomic E-state index is 12.3. The molecule has 4 nitrogen and oxygen atoms in total. The van der Waals surface area contributed by atoms with Crippen LogP contribution < -0.4 is 10.6 Å². The summed E-state index contributed by atoms with van der Waals surface area (Å²) in [5.74, 6) is 1.57. The zero-order valence-corrected chi connectivity index (χ0v) is 13.0. The Hall–Kier alpha value is -0.610. The van der Waals surface area contributed by atoms with E-state index in [1.807, 2.05) is 0 Å². The summed E-state index contributed by atoms with van der Waals surface area (Å²) < 4.78 is 5.48. The van der Waals surface area contributed by atoms with Crippen molar-refractivity contribution in [3.05, 3.63) is 0 Å². The normalized spacial score (nSPS) is 34.1. The maximum atomic E-state index is 12.3. The molecule has 0 aromatic heterocycles. The van der Waals surface area contributed by atoms with E-state index in [4.69, 9.17) is 4.74 Å². The first-order chi connectivity index (χ1) is 9.72. The van der Waals surface area contributed by atoms with Gasteiger partial charge in [-0.25, -0.2) is 0 Å². The fourth-order valence-corrected chi connectivity index (χ4v) is 3.40. The van der Waals surface area contributed by atoms with E-state index >= 15 is 0 Å². The van der Waals surface area contributed by atoms with Crippen molar-refractivity contribution in [1.82, 2.24) is 10.6 Å². The van der Waals surface area contributed by atoms with Gasteiger partial charge in [0.05, 0.1) is 19.1 Å². The Balaban J connectivity index is 1.75. The average molecular weight is 282 g/mol. The van der Waals surface area contributed by atoms with Crippen LogP contribution >= 0.6 is 0 Å². The van der Waals surface area contributed by atoms with Crippen LogP contribution in [0.3, 0.4) is 0 Å². The molecule has 116 valence electrons. The number of carbonyl (C=O) groups is 1. The van der Waals surface area contributed by atoms with Gasteiger partial charge in [-0.05, 0) is 31.2 Å². The molecule has 1 aliphatic carbocycles. The quantitative estimate of drug-likeness (QED) is 0.783. The van der Waals surface area contributed by atoms with Crippen LogP contribution in [0.25, 0.3) is 0 Å². The van der Waals surface area contributed by atoms with Crippen molar-refractivity contribution in [2.24, 2.45) is 17.8 Å². The van der Waals surface area contributed by atoms with Crippen LogP contribution in [0.4, 0.5) is 0 Å².